The highest BCUT2D eigenvalue weighted by atomic mass is 16.5. The van der Waals surface area contributed by atoms with Crippen LogP contribution in [0.1, 0.15) is 34.1 Å². The lowest BCUT2D eigenvalue weighted by Crippen LogP contribution is -2.62. The minimum absolute atomic E-state index is 0.376. The van der Waals surface area contributed by atoms with Crippen LogP contribution < -0.4 is 5.32 Å². The van der Waals surface area contributed by atoms with E-state index >= 15 is 0 Å². The molecule has 0 aromatic carbocycles. The van der Waals surface area contributed by atoms with E-state index in [0.29, 0.717) is 24.1 Å². The Labute approximate surface area is 131 Å². The summed E-state index contributed by atoms with van der Waals surface area (Å²) in [5.74, 6) is 1.44. The standard InChI is InChI=1S/C17H35N3O/c1-6-14(4)16-12-20(17(9-18-16)13(2)3)11-15-10-19(5)7-8-21-15/h13-18H,6-12H2,1-5H3. The highest BCUT2D eigenvalue weighted by Crippen LogP contribution is 2.21. The van der Waals surface area contributed by atoms with Crippen LogP contribution in [0, 0.1) is 11.8 Å². The Morgan fingerprint density at radius 3 is 2.62 bits per heavy atom. The zero-order valence-corrected chi connectivity index (χ0v) is 14.6. The second-order valence-corrected chi connectivity index (χ2v) is 7.42. The van der Waals surface area contributed by atoms with Crippen LogP contribution in [-0.4, -0.2) is 74.4 Å². The molecule has 124 valence electrons. The molecule has 0 aromatic rings. The molecule has 2 fully saturated rings. The summed E-state index contributed by atoms with van der Waals surface area (Å²) in [6, 6.07) is 1.27. The van der Waals surface area contributed by atoms with Crippen molar-refractivity contribution in [1.82, 2.24) is 15.1 Å². The van der Waals surface area contributed by atoms with Crippen molar-refractivity contribution in [2.45, 2.75) is 52.3 Å². The zero-order chi connectivity index (χ0) is 15.4. The quantitative estimate of drug-likeness (QED) is 0.835. The molecule has 2 aliphatic rings. The van der Waals surface area contributed by atoms with Gasteiger partial charge in [-0.25, -0.2) is 0 Å². The largest absolute Gasteiger partial charge is 0.374 e. The van der Waals surface area contributed by atoms with Crippen LogP contribution in [0.25, 0.3) is 0 Å². The van der Waals surface area contributed by atoms with Gasteiger partial charge in [0, 0.05) is 44.8 Å². The number of morpholine rings is 1. The van der Waals surface area contributed by atoms with Crippen molar-refractivity contribution in [1.29, 1.82) is 0 Å². The smallest absolute Gasteiger partial charge is 0.0829 e. The molecule has 0 amide bonds. The van der Waals surface area contributed by atoms with Crippen molar-refractivity contribution >= 4 is 0 Å². The maximum Gasteiger partial charge on any atom is 0.0829 e. The molecule has 2 saturated heterocycles. The van der Waals surface area contributed by atoms with Gasteiger partial charge in [-0.2, -0.15) is 0 Å². The number of hydrogen-bond acceptors (Lipinski definition) is 4. The van der Waals surface area contributed by atoms with E-state index in [9.17, 15) is 0 Å². The van der Waals surface area contributed by atoms with Gasteiger partial charge in [-0.1, -0.05) is 34.1 Å². The van der Waals surface area contributed by atoms with Crippen LogP contribution in [0.4, 0.5) is 0 Å². The fourth-order valence-electron chi connectivity index (χ4n) is 3.63. The van der Waals surface area contributed by atoms with Gasteiger partial charge in [-0.15, -0.1) is 0 Å². The molecule has 21 heavy (non-hydrogen) atoms. The molecule has 2 heterocycles. The van der Waals surface area contributed by atoms with Crippen LogP contribution in [0.2, 0.25) is 0 Å². The number of nitrogens with zero attached hydrogens (tertiary/aromatic N) is 2. The topological polar surface area (TPSA) is 27.7 Å². The Bertz CT molecular complexity index is 310. The van der Waals surface area contributed by atoms with Crippen LogP contribution in [-0.2, 0) is 4.74 Å². The molecule has 0 radical (unpaired) electrons. The van der Waals surface area contributed by atoms with E-state index in [0.717, 1.165) is 38.7 Å². The molecule has 0 bridgehead atoms. The predicted molar refractivity (Wildman–Crippen MR) is 88.7 cm³/mol. The number of likely N-dealkylation sites (N-methyl/N-ethyl adjacent to an activating group) is 1. The third-order valence-corrected chi connectivity index (χ3v) is 5.37. The van der Waals surface area contributed by atoms with Crippen molar-refractivity contribution in [3.63, 3.8) is 0 Å². The van der Waals surface area contributed by atoms with E-state index in [-0.39, 0.29) is 0 Å². The van der Waals surface area contributed by atoms with Gasteiger partial charge in [0.05, 0.1) is 12.7 Å². The first kappa shape index (κ1) is 17.2. The predicted octanol–water partition coefficient (Wildman–Crippen LogP) is 1.66. The molecule has 4 heteroatoms. The lowest BCUT2D eigenvalue weighted by atomic mass is 9.92. The summed E-state index contributed by atoms with van der Waals surface area (Å²) in [6.45, 7) is 15.8. The zero-order valence-electron chi connectivity index (χ0n) is 14.6. The van der Waals surface area contributed by atoms with Crippen molar-refractivity contribution in [3.05, 3.63) is 0 Å². The van der Waals surface area contributed by atoms with Crippen molar-refractivity contribution < 1.29 is 4.74 Å². The van der Waals surface area contributed by atoms with E-state index in [1.165, 1.54) is 13.0 Å². The Hall–Kier alpha value is -0.160. The fourth-order valence-corrected chi connectivity index (χ4v) is 3.63. The highest BCUT2D eigenvalue weighted by Gasteiger charge is 2.33. The summed E-state index contributed by atoms with van der Waals surface area (Å²) >= 11 is 0. The summed E-state index contributed by atoms with van der Waals surface area (Å²) in [7, 11) is 2.20. The summed E-state index contributed by atoms with van der Waals surface area (Å²) in [5, 5.41) is 3.78. The maximum absolute atomic E-state index is 6.00. The molecule has 4 atom stereocenters. The van der Waals surface area contributed by atoms with Gasteiger partial charge in [0.1, 0.15) is 0 Å². The molecular formula is C17H35N3O. The summed E-state index contributed by atoms with van der Waals surface area (Å²) < 4.78 is 6.00. The van der Waals surface area contributed by atoms with E-state index in [4.69, 9.17) is 4.74 Å². The fraction of sp³-hybridized carbons (Fsp3) is 1.00. The molecule has 2 aliphatic heterocycles. The SMILES string of the molecule is CCC(C)C1CN(CC2CN(C)CCO2)C(C(C)C)CN1. The average Bonchev–Trinajstić information content (AvgIpc) is 2.46. The molecule has 1 N–H and O–H groups in total. The van der Waals surface area contributed by atoms with Gasteiger partial charge < -0.3 is 15.0 Å². The molecule has 4 nitrogen and oxygen atoms in total. The van der Waals surface area contributed by atoms with Gasteiger partial charge in [0.2, 0.25) is 0 Å². The van der Waals surface area contributed by atoms with E-state index in [2.05, 4.69) is 49.9 Å². The second-order valence-electron chi connectivity index (χ2n) is 7.42. The normalized spacial score (nSPS) is 34.3. The number of ether oxygens (including phenoxy) is 1. The van der Waals surface area contributed by atoms with E-state index < -0.39 is 0 Å². The monoisotopic (exact) mass is 297 g/mol. The Morgan fingerprint density at radius 2 is 2.00 bits per heavy atom. The molecular weight excluding hydrogens is 262 g/mol. The Balaban J connectivity index is 1.96. The number of piperazine rings is 1. The van der Waals surface area contributed by atoms with Gasteiger partial charge in [0.15, 0.2) is 0 Å². The summed E-state index contributed by atoms with van der Waals surface area (Å²) in [6.07, 6.45) is 1.63. The first-order valence-corrected chi connectivity index (χ1v) is 8.78. The van der Waals surface area contributed by atoms with Gasteiger partial charge in [0.25, 0.3) is 0 Å². The lowest BCUT2D eigenvalue weighted by Gasteiger charge is -2.46. The molecule has 0 spiro atoms. The van der Waals surface area contributed by atoms with Crippen molar-refractivity contribution in [2.75, 3.05) is 46.4 Å². The average molecular weight is 297 g/mol. The highest BCUT2D eigenvalue weighted by molar-refractivity contribution is 4.91. The van der Waals surface area contributed by atoms with Crippen LogP contribution in [0.15, 0.2) is 0 Å². The van der Waals surface area contributed by atoms with Crippen molar-refractivity contribution in [2.24, 2.45) is 11.8 Å². The van der Waals surface area contributed by atoms with Gasteiger partial charge in [-0.05, 0) is 18.9 Å². The first-order chi connectivity index (χ1) is 10.0. The second kappa shape index (κ2) is 7.91. The first-order valence-electron chi connectivity index (χ1n) is 8.78. The molecule has 0 saturated carbocycles. The lowest BCUT2D eigenvalue weighted by molar-refractivity contribution is -0.0520. The molecule has 0 aromatic heterocycles. The number of rotatable bonds is 5. The van der Waals surface area contributed by atoms with E-state index in [1.807, 2.05) is 0 Å². The Morgan fingerprint density at radius 1 is 1.24 bits per heavy atom. The maximum atomic E-state index is 6.00. The van der Waals surface area contributed by atoms with Gasteiger partial charge >= 0.3 is 0 Å². The Kier molecular flexibility index (Phi) is 6.48. The van der Waals surface area contributed by atoms with Crippen LogP contribution in [0.3, 0.4) is 0 Å². The number of hydrogen-bond donors (Lipinski definition) is 1. The molecule has 4 unspecified atom stereocenters. The minimum Gasteiger partial charge on any atom is -0.374 e. The number of nitrogens with one attached hydrogen (secondary N) is 1. The third kappa shape index (κ3) is 4.65. The van der Waals surface area contributed by atoms with E-state index in [1.54, 1.807) is 0 Å². The summed E-state index contributed by atoms with van der Waals surface area (Å²) in [5.41, 5.74) is 0. The minimum atomic E-state index is 0.376. The molecule has 0 aliphatic carbocycles. The van der Waals surface area contributed by atoms with Crippen molar-refractivity contribution in [3.8, 4) is 0 Å². The van der Waals surface area contributed by atoms with Crippen LogP contribution >= 0.6 is 0 Å². The summed E-state index contributed by atoms with van der Waals surface area (Å²) in [4.78, 5) is 5.09. The van der Waals surface area contributed by atoms with Crippen LogP contribution in [0.5, 0.6) is 0 Å². The third-order valence-electron chi connectivity index (χ3n) is 5.37. The molecule has 2 rings (SSSR count). The van der Waals surface area contributed by atoms with Gasteiger partial charge in [-0.3, -0.25) is 4.90 Å².